The number of phenols is 1. The number of nitrogens with zero attached hydrogens (tertiary/aromatic N) is 6. The van der Waals surface area contributed by atoms with Gasteiger partial charge in [0.2, 0.25) is 23.6 Å². The molecule has 2 saturated heterocycles. The zero-order chi connectivity index (χ0) is 47.2. The Labute approximate surface area is 401 Å². The molecule has 2 fully saturated rings. The average Bonchev–Trinajstić information content (AvgIpc) is 3.77. The van der Waals surface area contributed by atoms with Gasteiger partial charge in [0, 0.05) is 115 Å². The van der Waals surface area contributed by atoms with Crippen molar-refractivity contribution in [1.29, 1.82) is 0 Å². The SMILES string of the molecule is CC[C@@]1(O)C(=O)OCc2c1cc1n(c2=O)Cc2cc3c(CN4CCC([N+](C)(C)Cc5ccc(NC(=O)[C@H](C)NC(=O)CCCN6C(=O)CC(SN(C)I)C6=O)cc5)CC4)c(O)ccc3nc2-1. The number of nitrogens with one attached hydrogen (secondary N) is 2. The van der Waals surface area contributed by atoms with Crippen LogP contribution in [-0.4, -0.2) is 124 Å². The van der Waals surface area contributed by atoms with E-state index in [0.717, 1.165) is 59.0 Å². The number of aromatic nitrogens is 2. The van der Waals surface area contributed by atoms with E-state index in [9.17, 15) is 39.0 Å². The van der Waals surface area contributed by atoms with Crippen LogP contribution in [0, 0.1) is 0 Å². The Balaban J connectivity index is 0.827. The molecule has 66 heavy (non-hydrogen) atoms. The van der Waals surface area contributed by atoms with E-state index in [4.69, 9.17) is 9.72 Å². The minimum atomic E-state index is -1.90. The molecule has 4 aliphatic rings. The van der Waals surface area contributed by atoms with Crippen molar-refractivity contribution in [2.75, 3.05) is 46.1 Å². The number of carbonyl (C=O) groups is 5. The lowest BCUT2D eigenvalue weighted by atomic mass is 9.86. The third kappa shape index (κ3) is 9.46. The van der Waals surface area contributed by atoms with Gasteiger partial charge < -0.3 is 34.6 Å². The number of phenolic OH excluding ortho intramolecular Hbond substituents is 1. The van der Waals surface area contributed by atoms with Crippen molar-refractivity contribution in [3.05, 3.63) is 86.7 Å². The van der Waals surface area contributed by atoms with Gasteiger partial charge >= 0.3 is 5.97 Å². The van der Waals surface area contributed by atoms with Crippen LogP contribution in [0.3, 0.4) is 0 Å². The molecule has 8 rings (SSSR count). The second-order valence-corrected chi connectivity index (χ2v) is 21.8. The summed E-state index contributed by atoms with van der Waals surface area (Å²) in [6.07, 6.45) is 2.50. The van der Waals surface area contributed by atoms with Crippen LogP contribution in [0.2, 0.25) is 0 Å². The molecule has 2 aromatic heterocycles. The summed E-state index contributed by atoms with van der Waals surface area (Å²) in [5.41, 5.74) is 3.50. The highest BCUT2D eigenvalue weighted by Gasteiger charge is 2.45. The molecule has 19 heteroatoms. The predicted molar refractivity (Wildman–Crippen MR) is 257 cm³/mol. The lowest BCUT2D eigenvalue weighted by molar-refractivity contribution is -0.929. The van der Waals surface area contributed by atoms with Gasteiger partial charge in [0.05, 0.1) is 49.1 Å². The molecule has 4 aliphatic heterocycles. The molecule has 0 radical (unpaired) electrons. The standard InChI is InChI=1S/C47H55IN8O9S/c1-6-47(64)35-21-37-42-29(23-55(37)44(61)34(35)26-65-46(47)63)20-32-33(38(57)14-13-36(32)51-42)24-53-18-15-31(16-19-53)56(4,5)25-28-9-11-30(12-10-28)50-43(60)27(2)49-40(58)8-7-17-54-41(59)22-39(45(54)62)66-52(3)48/h9-14,20-21,27,31,39,64H,6-8,15-19,22-26H2,1-5H3,(H2-,49,50,57,58,60,61)/p+1/t27-,39?,47-/m0/s1. The summed E-state index contributed by atoms with van der Waals surface area (Å²) in [4.78, 5) is 85.4. The molecular formula is C47H56IN8O9S+. The Bertz CT molecular complexity index is 2670. The number of imide groups is 1. The number of aliphatic hydroxyl groups is 1. The largest absolute Gasteiger partial charge is 0.508 e. The number of pyridine rings is 2. The van der Waals surface area contributed by atoms with Crippen molar-refractivity contribution in [1.82, 2.24) is 27.2 Å². The first-order chi connectivity index (χ1) is 31.4. The number of carbonyl (C=O) groups excluding carboxylic acids is 5. The third-order valence-corrected chi connectivity index (χ3v) is 15.1. The number of benzene rings is 2. The van der Waals surface area contributed by atoms with Gasteiger partial charge in [-0.15, -0.1) is 0 Å². The van der Waals surface area contributed by atoms with Crippen LogP contribution in [0.25, 0.3) is 22.3 Å². The van der Waals surface area contributed by atoms with Crippen molar-refractivity contribution in [2.24, 2.45) is 0 Å². The van der Waals surface area contributed by atoms with Crippen LogP contribution >= 0.6 is 34.8 Å². The van der Waals surface area contributed by atoms with Gasteiger partial charge in [-0.2, -0.15) is 2.52 Å². The van der Waals surface area contributed by atoms with Gasteiger partial charge in [-0.25, -0.2) is 9.78 Å². The van der Waals surface area contributed by atoms with E-state index in [2.05, 4.69) is 29.6 Å². The maximum atomic E-state index is 13.7. The molecule has 0 saturated carbocycles. The lowest BCUT2D eigenvalue weighted by Gasteiger charge is -2.43. The third-order valence-electron chi connectivity index (χ3n) is 13.5. The summed E-state index contributed by atoms with van der Waals surface area (Å²) in [5.74, 6) is -1.74. The highest BCUT2D eigenvalue weighted by molar-refractivity contribution is 14.1. The Hall–Kier alpha value is -4.93. The van der Waals surface area contributed by atoms with E-state index in [-0.39, 0.29) is 85.0 Å². The number of likely N-dealkylation sites (tertiary alicyclic amines) is 2. The number of rotatable bonds is 15. The number of cyclic esters (lactones) is 1. The van der Waals surface area contributed by atoms with Crippen molar-refractivity contribution in [3.63, 3.8) is 0 Å². The van der Waals surface area contributed by atoms with Crippen LogP contribution in [0.5, 0.6) is 5.75 Å². The van der Waals surface area contributed by atoms with E-state index < -0.39 is 22.9 Å². The summed E-state index contributed by atoms with van der Waals surface area (Å²) in [5, 5.41) is 28.4. The Kier molecular flexibility index (Phi) is 13.7. The lowest BCUT2D eigenvalue weighted by Crippen LogP contribution is -2.53. The fourth-order valence-electron chi connectivity index (χ4n) is 9.73. The van der Waals surface area contributed by atoms with Crippen molar-refractivity contribution in [2.45, 2.75) is 102 Å². The monoisotopic (exact) mass is 1040 g/mol. The van der Waals surface area contributed by atoms with E-state index >= 15 is 0 Å². The molecule has 4 N–H and O–H groups in total. The second-order valence-electron chi connectivity index (χ2n) is 18.4. The van der Waals surface area contributed by atoms with Crippen LogP contribution in [-0.2, 0) is 60.6 Å². The highest BCUT2D eigenvalue weighted by Crippen LogP contribution is 2.40. The molecule has 17 nitrogen and oxygen atoms in total. The Morgan fingerprint density at radius 2 is 1.82 bits per heavy atom. The molecule has 3 atom stereocenters. The smallest absolute Gasteiger partial charge is 0.343 e. The van der Waals surface area contributed by atoms with Gasteiger partial charge in [0.25, 0.3) is 5.56 Å². The number of hydrogen-bond acceptors (Lipinski definition) is 13. The first-order valence-corrected chi connectivity index (χ1v) is 24.1. The van der Waals surface area contributed by atoms with Crippen molar-refractivity contribution >= 4 is 81.0 Å². The first-order valence-electron chi connectivity index (χ1n) is 22.3. The minimum Gasteiger partial charge on any atom is -0.508 e. The second kappa shape index (κ2) is 19.0. The molecule has 350 valence electrons. The van der Waals surface area contributed by atoms with Crippen molar-refractivity contribution in [3.8, 4) is 17.1 Å². The number of fused-ring (bicyclic) bond motifs is 5. The molecule has 2 aromatic carbocycles. The predicted octanol–water partition coefficient (Wildman–Crippen LogP) is 4.31. The van der Waals surface area contributed by atoms with Crippen molar-refractivity contribution < 1.29 is 43.4 Å². The summed E-state index contributed by atoms with van der Waals surface area (Å²) >= 11 is 3.35. The molecule has 0 bridgehead atoms. The van der Waals surface area contributed by atoms with Crippen LogP contribution < -0.4 is 16.2 Å². The van der Waals surface area contributed by atoms with Gasteiger partial charge in [-0.1, -0.05) is 31.0 Å². The van der Waals surface area contributed by atoms with Gasteiger partial charge in [-0.3, -0.25) is 33.8 Å². The summed E-state index contributed by atoms with van der Waals surface area (Å²) < 4.78 is 9.37. The maximum absolute atomic E-state index is 13.7. The normalized spacial score (nSPS) is 20.3. The van der Waals surface area contributed by atoms with Gasteiger partial charge in [0.15, 0.2) is 5.60 Å². The van der Waals surface area contributed by atoms with E-state index in [1.807, 2.05) is 60.2 Å². The average molecular weight is 1040 g/mol. The molecular weight excluding hydrogens is 980 g/mol. The van der Waals surface area contributed by atoms with Crippen LogP contribution in [0.15, 0.2) is 53.3 Å². The molecule has 6 heterocycles. The topological polar surface area (TPSA) is 204 Å². The Morgan fingerprint density at radius 1 is 1.09 bits per heavy atom. The van der Waals surface area contributed by atoms with Crippen LogP contribution in [0.1, 0.15) is 80.2 Å². The quantitative estimate of drug-likeness (QED) is 0.0289. The summed E-state index contributed by atoms with van der Waals surface area (Å²) in [7, 11) is 6.28. The number of halogens is 1. The summed E-state index contributed by atoms with van der Waals surface area (Å²) in [6.45, 7) is 6.52. The molecule has 4 aromatic rings. The van der Waals surface area contributed by atoms with E-state index in [0.29, 0.717) is 41.6 Å². The zero-order valence-electron chi connectivity index (χ0n) is 37.8. The number of quaternary nitrogens is 1. The molecule has 0 spiro atoms. The molecule has 0 aliphatic carbocycles. The molecule has 1 unspecified atom stereocenters. The maximum Gasteiger partial charge on any atom is 0.343 e. The van der Waals surface area contributed by atoms with Gasteiger partial charge in [0.1, 0.15) is 30.2 Å². The van der Waals surface area contributed by atoms with Crippen LogP contribution in [0.4, 0.5) is 5.69 Å². The fourth-order valence-corrected chi connectivity index (χ4v) is 11.3. The zero-order valence-corrected chi connectivity index (χ0v) is 40.7. The van der Waals surface area contributed by atoms with E-state index in [1.54, 1.807) is 39.1 Å². The van der Waals surface area contributed by atoms with E-state index in [1.165, 1.54) is 16.8 Å². The number of aromatic hydroxyl groups is 1. The number of amides is 4. The Morgan fingerprint density at radius 3 is 2.52 bits per heavy atom. The number of piperidine rings is 1. The van der Waals surface area contributed by atoms with Gasteiger partial charge in [-0.05, 0) is 56.2 Å². The first kappa shape index (κ1) is 47.6. The molecule has 4 amide bonds. The minimum absolute atomic E-state index is 0.0661. The number of anilines is 1. The highest BCUT2D eigenvalue weighted by atomic mass is 127. The number of ether oxygens (including phenoxy) is 1. The fraction of sp³-hybridized carbons (Fsp3) is 0.468. The number of hydrogen-bond donors (Lipinski definition) is 4. The summed E-state index contributed by atoms with van der Waals surface area (Å²) in [6, 6.07) is 14.5. The number of esters is 1.